The molecule has 0 radical (unpaired) electrons. The second kappa shape index (κ2) is 5.18. The SMILES string of the molecule is Cc1ccc(N)c(C(=O)Nc2cncc(Br)c2)c1. The average Bonchev–Trinajstić information content (AvgIpc) is 2.32. The number of amides is 1. The fourth-order valence-electron chi connectivity index (χ4n) is 1.55. The van der Waals surface area contributed by atoms with Crippen LogP contribution in [0.3, 0.4) is 0 Å². The topological polar surface area (TPSA) is 68.0 Å². The minimum absolute atomic E-state index is 0.240. The number of aryl methyl sites for hydroxylation is 1. The Kier molecular flexibility index (Phi) is 3.62. The van der Waals surface area contributed by atoms with E-state index < -0.39 is 0 Å². The Hall–Kier alpha value is -1.88. The highest BCUT2D eigenvalue weighted by Crippen LogP contribution is 2.18. The Bertz CT molecular complexity index is 599. The first-order valence-electron chi connectivity index (χ1n) is 5.34. The van der Waals surface area contributed by atoms with Crippen molar-refractivity contribution in [3.8, 4) is 0 Å². The number of rotatable bonds is 2. The maximum absolute atomic E-state index is 12.1. The average molecular weight is 306 g/mol. The van der Waals surface area contributed by atoms with E-state index in [1.807, 2.05) is 13.0 Å². The number of hydrogen-bond acceptors (Lipinski definition) is 3. The maximum Gasteiger partial charge on any atom is 0.257 e. The molecule has 2 rings (SSSR count). The van der Waals surface area contributed by atoms with Crippen molar-refractivity contribution in [2.75, 3.05) is 11.1 Å². The second-order valence-electron chi connectivity index (χ2n) is 3.94. The lowest BCUT2D eigenvalue weighted by Crippen LogP contribution is -2.14. The summed E-state index contributed by atoms with van der Waals surface area (Å²) in [6.45, 7) is 1.91. The van der Waals surface area contributed by atoms with Crippen LogP contribution in [0, 0.1) is 6.92 Å². The highest BCUT2D eigenvalue weighted by Gasteiger charge is 2.10. The number of benzene rings is 1. The van der Waals surface area contributed by atoms with Crippen molar-refractivity contribution in [3.63, 3.8) is 0 Å². The number of anilines is 2. The van der Waals surface area contributed by atoms with Crippen molar-refractivity contribution in [2.24, 2.45) is 0 Å². The first-order chi connectivity index (χ1) is 8.56. The van der Waals surface area contributed by atoms with Crippen molar-refractivity contribution in [3.05, 3.63) is 52.3 Å². The van der Waals surface area contributed by atoms with Gasteiger partial charge in [0.15, 0.2) is 0 Å². The van der Waals surface area contributed by atoms with Gasteiger partial charge in [0, 0.05) is 16.4 Å². The van der Waals surface area contributed by atoms with Gasteiger partial charge < -0.3 is 11.1 Å². The number of hydrogen-bond donors (Lipinski definition) is 2. The number of carbonyl (C=O) groups excluding carboxylic acids is 1. The maximum atomic E-state index is 12.1. The number of nitrogen functional groups attached to an aromatic ring is 1. The quantitative estimate of drug-likeness (QED) is 0.838. The number of nitrogens with zero attached hydrogens (tertiary/aromatic N) is 1. The molecule has 0 saturated carbocycles. The minimum atomic E-state index is -0.240. The number of aromatic nitrogens is 1. The summed E-state index contributed by atoms with van der Waals surface area (Å²) in [6, 6.07) is 7.13. The van der Waals surface area contributed by atoms with Gasteiger partial charge in [0.25, 0.3) is 5.91 Å². The van der Waals surface area contributed by atoms with Crippen LogP contribution in [-0.2, 0) is 0 Å². The number of pyridine rings is 1. The Balaban J connectivity index is 2.24. The summed E-state index contributed by atoms with van der Waals surface area (Å²) in [4.78, 5) is 16.0. The number of nitrogens with one attached hydrogen (secondary N) is 1. The van der Waals surface area contributed by atoms with Gasteiger partial charge in [0.2, 0.25) is 0 Å². The monoisotopic (exact) mass is 305 g/mol. The molecular weight excluding hydrogens is 294 g/mol. The molecule has 0 saturated heterocycles. The van der Waals surface area contributed by atoms with Crippen LogP contribution in [0.2, 0.25) is 0 Å². The van der Waals surface area contributed by atoms with Crippen LogP contribution in [0.25, 0.3) is 0 Å². The van der Waals surface area contributed by atoms with Gasteiger partial charge in [-0.1, -0.05) is 11.6 Å². The van der Waals surface area contributed by atoms with Gasteiger partial charge in [-0.3, -0.25) is 9.78 Å². The lowest BCUT2D eigenvalue weighted by molar-refractivity contribution is 0.102. The largest absolute Gasteiger partial charge is 0.398 e. The summed E-state index contributed by atoms with van der Waals surface area (Å²) in [6.07, 6.45) is 3.23. The molecule has 0 aliphatic heterocycles. The Labute approximate surface area is 113 Å². The summed E-state index contributed by atoms with van der Waals surface area (Å²) >= 11 is 3.30. The Morgan fingerprint density at radius 1 is 1.33 bits per heavy atom. The van der Waals surface area contributed by atoms with Crippen LogP contribution in [0.15, 0.2) is 41.1 Å². The third-order valence-corrected chi connectivity index (χ3v) is 2.85. The fourth-order valence-corrected chi connectivity index (χ4v) is 1.91. The molecule has 1 aromatic carbocycles. The second-order valence-corrected chi connectivity index (χ2v) is 4.85. The zero-order valence-corrected chi connectivity index (χ0v) is 11.4. The van der Waals surface area contributed by atoms with Crippen molar-refractivity contribution in [1.82, 2.24) is 4.98 Å². The Morgan fingerprint density at radius 3 is 2.83 bits per heavy atom. The molecule has 4 nitrogen and oxygen atoms in total. The number of nitrogens with two attached hydrogens (primary N) is 1. The molecule has 0 aliphatic rings. The van der Waals surface area contributed by atoms with E-state index in [4.69, 9.17) is 5.73 Å². The molecule has 0 aliphatic carbocycles. The van der Waals surface area contributed by atoms with Crippen LogP contribution in [0.4, 0.5) is 11.4 Å². The molecule has 0 atom stereocenters. The molecule has 3 N–H and O–H groups in total. The third-order valence-electron chi connectivity index (χ3n) is 2.42. The highest BCUT2D eigenvalue weighted by atomic mass is 79.9. The van der Waals surface area contributed by atoms with Gasteiger partial charge in [-0.2, -0.15) is 0 Å². The molecule has 1 aromatic heterocycles. The lowest BCUT2D eigenvalue weighted by Gasteiger charge is -2.08. The predicted octanol–water partition coefficient (Wildman–Crippen LogP) is 2.99. The molecule has 0 unspecified atom stereocenters. The first kappa shape index (κ1) is 12.6. The summed E-state index contributed by atoms with van der Waals surface area (Å²) in [5, 5.41) is 2.76. The summed E-state index contributed by atoms with van der Waals surface area (Å²) in [5.74, 6) is -0.240. The van der Waals surface area contributed by atoms with Crippen molar-refractivity contribution in [1.29, 1.82) is 0 Å². The van der Waals surface area contributed by atoms with Gasteiger partial charge in [0.05, 0.1) is 17.4 Å². The minimum Gasteiger partial charge on any atom is -0.398 e. The summed E-state index contributed by atoms with van der Waals surface area (Å²) in [5.41, 5.74) is 8.32. The lowest BCUT2D eigenvalue weighted by atomic mass is 10.1. The predicted molar refractivity (Wildman–Crippen MR) is 75.5 cm³/mol. The van der Waals surface area contributed by atoms with Crippen LogP contribution in [-0.4, -0.2) is 10.9 Å². The molecule has 0 bridgehead atoms. The van der Waals surface area contributed by atoms with E-state index in [2.05, 4.69) is 26.2 Å². The van der Waals surface area contributed by atoms with Crippen LogP contribution >= 0.6 is 15.9 Å². The standard InChI is InChI=1S/C13H12BrN3O/c1-8-2-3-12(15)11(4-8)13(18)17-10-5-9(14)6-16-7-10/h2-7H,15H2,1H3,(H,17,18). The third kappa shape index (κ3) is 2.87. The van der Waals surface area contributed by atoms with E-state index in [1.165, 1.54) is 0 Å². The normalized spacial score (nSPS) is 10.1. The molecule has 18 heavy (non-hydrogen) atoms. The molecule has 5 heteroatoms. The molecule has 2 aromatic rings. The van der Waals surface area contributed by atoms with Gasteiger partial charge in [-0.25, -0.2) is 0 Å². The molecule has 92 valence electrons. The molecular formula is C13H12BrN3O. The van der Waals surface area contributed by atoms with E-state index in [0.29, 0.717) is 16.9 Å². The molecule has 1 amide bonds. The van der Waals surface area contributed by atoms with E-state index in [1.54, 1.807) is 30.6 Å². The number of carbonyl (C=O) groups is 1. The van der Waals surface area contributed by atoms with Crippen molar-refractivity contribution >= 4 is 33.2 Å². The van der Waals surface area contributed by atoms with Gasteiger partial charge >= 0.3 is 0 Å². The van der Waals surface area contributed by atoms with E-state index >= 15 is 0 Å². The molecule has 0 spiro atoms. The smallest absolute Gasteiger partial charge is 0.257 e. The first-order valence-corrected chi connectivity index (χ1v) is 6.13. The van der Waals surface area contributed by atoms with Gasteiger partial charge in [-0.05, 0) is 41.1 Å². The van der Waals surface area contributed by atoms with E-state index in [9.17, 15) is 4.79 Å². The molecule has 1 heterocycles. The zero-order valence-electron chi connectivity index (χ0n) is 9.77. The summed E-state index contributed by atoms with van der Waals surface area (Å²) < 4.78 is 0.803. The summed E-state index contributed by atoms with van der Waals surface area (Å²) in [7, 11) is 0. The fraction of sp³-hybridized carbons (Fsp3) is 0.0769. The van der Waals surface area contributed by atoms with Gasteiger partial charge in [-0.15, -0.1) is 0 Å². The Morgan fingerprint density at radius 2 is 2.11 bits per heavy atom. The highest BCUT2D eigenvalue weighted by molar-refractivity contribution is 9.10. The van der Waals surface area contributed by atoms with Crippen molar-refractivity contribution < 1.29 is 4.79 Å². The van der Waals surface area contributed by atoms with Crippen molar-refractivity contribution in [2.45, 2.75) is 6.92 Å². The van der Waals surface area contributed by atoms with E-state index in [-0.39, 0.29) is 5.91 Å². The zero-order chi connectivity index (χ0) is 13.1. The molecule has 0 fully saturated rings. The van der Waals surface area contributed by atoms with E-state index in [0.717, 1.165) is 10.0 Å². The van der Waals surface area contributed by atoms with Gasteiger partial charge in [0.1, 0.15) is 0 Å². The van der Waals surface area contributed by atoms with Crippen LogP contribution in [0.1, 0.15) is 15.9 Å². The van der Waals surface area contributed by atoms with Crippen LogP contribution < -0.4 is 11.1 Å². The number of halogens is 1. The van der Waals surface area contributed by atoms with Crippen LogP contribution in [0.5, 0.6) is 0 Å².